The van der Waals surface area contributed by atoms with Crippen molar-refractivity contribution in [2.75, 3.05) is 19.5 Å². The van der Waals surface area contributed by atoms with Crippen LogP contribution in [0.25, 0.3) is 17.1 Å². The van der Waals surface area contributed by atoms with E-state index >= 15 is 0 Å². The van der Waals surface area contributed by atoms with Crippen molar-refractivity contribution in [1.29, 1.82) is 0 Å². The Bertz CT molecular complexity index is 1200. The van der Waals surface area contributed by atoms with Crippen LogP contribution in [0.5, 0.6) is 11.5 Å². The quantitative estimate of drug-likeness (QED) is 0.228. The van der Waals surface area contributed by atoms with E-state index in [1.807, 2.05) is 30.3 Å². The Kier molecular flexibility index (Phi) is 6.88. The molecule has 3 aromatic carbocycles. The van der Waals surface area contributed by atoms with Crippen LogP contribution in [-0.2, 0) is 6.18 Å². The lowest BCUT2D eigenvalue weighted by Gasteiger charge is -2.13. The van der Waals surface area contributed by atoms with Gasteiger partial charge in [-0.3, -0.25) is 4.57 Å². The zero-order chi connectivity index (χ0) is 23.3. The van der Waals surface area contributed by atoms with Crippen LogP contribution in [0.4, 0.5) is 13.2 Å². The second-order valence-corrected chi connectivity index (χ2v) is 7.99. The normalized spacial score (nSPS) is 11.4. The van der Waals surface area contributed by atoms with Crippen LogP contribution in [0.2, 0.25) is 0 Å². The number of nitrogens with zero attached hydrogens (tertiary/aromatic N) is 3. The molecule has 0 saturated carbocycles. The lowest BCUT2D eigenvalue weighted by atomic mass is 10.1. The van der Waals surface area contributed by atoms with Crippen LogP contribution in [0.1, 0.15) is 5.56 Å². The van der Waals surface area contributed by atoms with Crippen molar-refractivity contribution in [3.8, 4) is 28.6 Å². The zero-order valence-electron chi connectivity index (χ0n) is 17.6. The number of thioether (sulfide) groups is 1. The highest BCUT2D eigenvalue weighted by Crippen LogP contribution is 2.33. The van der Waals surface area contributed by atoms with Gasteiger partial charge in [0.2, 0.25) is 0 Å². The van der Waals surface area contributed by atoms with Crippen LogP contribution >= 0.6 is 11.8 Å². The van der Waals surface area contributed by atoms with Crippen LogP contribution in [0, 0.1) is 0 Å². The molecule has 0 atom stereocenters. The number of ether oxygens (including phenoxy) is 2. The molecule has 0 radical (unpaired) electrons. The molecule has 0 aliphatic carbocycles. The lowest BCUT2D eigenvalue weighted by Crippen LogP contribution is -2.07. The first kappa shape index (κ1) is 22.7. The maximum absolute atomic E-state index is 13.4. The standard InChI is InChI=1S/C24H20F3N3O2S/c1-31-20-12-10-17(11-13-20)22-28-29-23(33-15-14-32-21-8-3-2-4-9-21)30(22)19-7-5-6-18(16-19)24(25,26)27/h2-13,16H,14-15H2,1H3. The topological polar surface area (TPSA) is 49.2 Å². The van der Waals surface area contributed by atoms with E-state index in [0.717, 1.165) is 17.9 Å². The molecule has 1 aromatic heterocycles. The van der Waals surface area contributed by atoms with Gasteiger partial charge in [-0.2, -0.15) is 13.2 Å². The molecule has 0 aliphatic heterocycles. The fourth-order valence-corrected chi connectivity index (χ4v) is 3.92. The number of hydrogen-bond donors (Lipinski definition) is 0. The fraction of sp³-hybridized carbons (Fsp3) is 0.167. The van der Waals surface area contributed by atoms with Gasteiger partial charge in [0.05, 0.1) is 25.0 Å². The van der Waals surface area contributed by atoms with Crippen molar-refractivity contribution >= 4 is 11.8 Å². The Labute approximate surface area is 193 Å². The number of methoxy groups -OCH3 is 1. The van der Waals surface area contributed by atoms with Gasteiger partial charge < -0.3 is 9.47 Å². The van der Waals surface area contributed by atoms with Gasteiger partial charge in [-0.1, -0.05) is 36.0 Å². The van der Waals surface area contributed by atoms with Crippen molar-refractivity contribution in [3.05, 3.63) is 84.4 Å². The third kappa shape index (κ3) is 5.48. The molecule has 0 amide bonds. The van der Waals surface area contributed by atoms with Crippen molar-refractivity contribution in [2.45, 2.75) is 11.3 Å². The number of halogens is 3. The minimum absolute atomic E-state index is 0.326. The highest BCUT2D eigenvalue weighted by atomic mass is 32.2. The Hall–Kier alpha value is -3.46. The summed E-state index contributed by atoms with van der Waals surface area (Å²) in [7, 11) is 1.56. The molecule has 0 fully saturated rings. The van der Waals surface area contributed by atoms with Crippen molar-refractivity contribution in [1.82, 2.24) is 14.8 Å². The number of hydrogen-bond acceptors (Lipinski definition) is 5. The van der Waals surface area contributed by atoms with Crippen LogP contribution in [-0.4, -0.2) is 34.2 Å². The molecule has 0 saturated heterocycles. The molecule has 4 rings (SSSR count). The van der Waals surface area contributed by atoms with Crippen molar-refractivity contribution < 1.29 is 22.6 Å². The third-order valence-corrected chi connectivity index (χ3v) is 5.63. The van der Waals surface area contributed by atoms with Crippen LogP contribution in [0.3, 0.4) is 0 Å². The smallest absolute Gasteiger partial charge is 0.416 e. The molecule has 5 nitrogen and oxygen atoms in total. The SMILES string of the molecule is COc1ccc(-c2nnc(SCCOc3ccccc3)n2-c2cccc(C(F)(F)F)c2)cc1. The molecule has 0 aliphatic rings. The molecule has 0 N–H and O–H groups in total. The maximum atomic E-state index is 13.4. The van der Waals surface area contributed by atoms with E-state index < -0.39 is 11.7 Å². The summed E-state index contributed by atoms with van der Waals surface area (Å²) in [5.41, 5.74) is 0.290. The molecule has 0 bridgehead atoms. The fourth-order valence-electron chi connectivity index (χ4n) is 3.15. The maximum Gasteiger partial charge on any atom is 0.416 e. The van der Waals surface area contributed by atoms with Gasteiger partial charge >= 0.3 is 6.18 Å². The molecular weight excluding hydrogens is 451 g/mol. The highest BCUT2D eigenvalue weighted by molar-refractivity contribution is 7.99. The summed E-state index contributed by atoms with van der Waals surface area (Å²) in [6, 6.07) is 21.6. The van der Waals surface area contributed by atoms with Gasteiger partial charge in [-0.05, 0) is 54.6 Å². The average molecular weight is 472 g/mol. The largest absolute Gasteiger partial charge is 0.497 e. The van der Waals surface area contributed by atoms with E-state index in [-0.39, 0.29) is 0 Å². The molecule has 33 heavy (non-hydrogen) atoms. The van der Waals surface area contributed by atoms with E-state index in [0.29, 0.717) is 40.3 Å². The second kappa shape index (κ2) is 9.99. The number of aromatic nitrogens is 3. The summed E-state index contributed by atoms with van der Waals surface area (Å²) in [4.78, 5) is 0. The predicted molar refractivity (Wildman–Crippen MR) is 121 cm³/mol. The molecule has 1 heterocycles. The number of benzene rings is 3. The predicted octanol–water partition coefficient (Wildman–Crippen LogP) is 6.13. The summed E-state index contributed by atoms with van der Waals surface area (Å²) in [5.74, 6) is 2.38. The zero-order valence-corrected chi connectivity index (χ0v) is 18.4. The molecule has 9 heteroatoms. The van der Waals surface area contributed by atoms with Gasteiger partial charge in [-0.15, -0.1) is 10.2 Å². The molecule has 170 valence electrons. The minimum atomic E-state index is -4.46. The Morgan fingerprint density at radius 1 is 0.879 bits per heavy atom. The van der Waals surface area contributed by atoms with Gasteiger partial charge in [0, 0.05) is 11.3 Å². The van der Waals surface area contributed by atoms with Gasteiger partial charge in [0.15, 0.2) is 11.0 Å². The van der Waals surface area contributed by atoms with Gasteiger partial charge in [-0.25, -0.2) is 0 Å². The van der Waals surface area contributed by atoms with Gasteiger partial charge in [0.25, 0.3) is 0 Å². The Morgan fingerprint density at radius 2 is 1.64 bits per heavy atom. The van der Waals surface area contributed by atoms with E-state index in [4.69, 9.17) is 9.47 Å². The summed E-state index contributed by atoms with van der Waals surface area (Å²) in [5, 5.41) is 9.00. The van der Waals surface area contributed by atoms with Gasteiger partial charge in [0.1, 0.15) is 11.5 Å². The summed E-state index contributed by atoms with van der Waals surface area (Å²) in [6.07, 6.45) is -4.46. The van der Waals surface area contributed by atoms with E-state index in [1.165, 1.54) is 17.8 Å². The lowest BCUT2D eigenvalue weighted by molar-refractivity contribution is -0.137. The van der Waals surface area contributed by atoms with Crippen molar-refractivity contribution in [2.24, 2.45) is 0 Å². The first-order valence-corrected chi connectivity index (χ1v) is 11.0. The minimum Gasteiger partial charge on any atom is -0.497 e. The Balaban J connectivity index is 1.64. The van der Waals surface area contributed by atoms with E-state index in [9.17, 15) is 13.2 Å². The van der Waals surface area contributed by atoms with E-state index in [2.05, 4.69) is 10.2 Å². The van der Waals surface area contributed by atoms with Crippen LogP contribution in [0.15, 0.2) is 84.0 Å². The van der Waals surface area contributed by atoms with Crippen molar-refractivity contribution in [3.63, 3.8) is 0 Å². The second-order valence-electron chi connectivity index (χ2n) is 6.93. The monoisotopic (exact) mass is 471 g/mol. The van der Waals surface area contributed by atoms with E-state index in [1.54, 1.807) is 42.0 Å². The summed E-state index contributed by atoms with van der Waals surface area (Å²) < 4.78 is 52.6. The average Bonchev–Trinajstić information content (AvgIpc) is 3.26. The first-order chi connectivity index (χ1) is 16.0. The number of para-hydroxylation sites is 1. The summed E-state index contributed by atoms with van der Waals surface area (Å²) >= 11 is 1.36. The summed E-state index contributed by atoms with van der Waals surface area (Å²) in [6.45, 7) is 0.405. The number of rotatable bonds is 8. The number of alkyl halides is 3. The molecule has 0 spiro atoms. The molecule has 0 unspecified atom stereocenters. The van der Waals surface area contributed by atoms with Crippen LogP contribution < -0.4 is 9.47 Å². The Morgan fingerprint density at radius 3 is 2.33 bits per heavy atom. The molecule has 4 aromatic rings. The molecular formula is C24H20F3N3O2S. The highest BCUT2D eigenvalue weighted by Gasteiger charge is 2.31. The first-order valence-electron chi connectivity index (χ1n) is 10.0. The third-order valence-electron chi connectivity index (χ3n) is 4.74.